The van der Waals surface area contributed by atoms with Crippen molar-refractivity contribution in [3.05, 3.63) is 23.8 Å². The van der Waals surface area contributed by atoms with Gasteiger partial charge in [-0.15, -0.1) is 0 Å². The Morgan fingerprint density at radius 3 is 2.23 bits per heavy atom. The highest BCUT2D eigenvalue weighted by Gasteiger charge is 2.39. The average Bonchev–Trinajstić information content (AvgIpc) is 2.39. The summed E-state index contributed by atoms with van der Waals surface area (Å²) in [5.41, 5.74) is -0.511. The minimum atomic E-state index is -1.79. The van der Waals surface area contributed by atoms with Crippen LogP contribution in [-0.2, 0) is 14.4 Å². The van der Waals surface area contributed by atoms with Crippen LogP contribution in [0.5, 0.6) is 5.75 Å². The van der Waals surface area contributed by atoms with Crippen LogP contribution in [0.25, 0.3) is 0 Å². The second-order valence-corrected chi connectivity index (χ2v) is 4.27. The van der Waals surface area contributed by atoms with Crippen molar-refractivity contribution in [1.29, 1.82) is 0 Å². The number of hydrogen-bond acceptors (Lipinski definition) is 6. The molecule has 22 heavy (non-hydrogen) atoms. The summed E-state index contributed by atoms with van der Waals surface area (Å²) in [6.45, 7) is 0. The zero-order valence-electron chi connectivity index (χ0n) is 10.7. The van der Waals surface area contributed by atoms with Gasteiger partial charge in [0.05, 0.1) is 0 Å². The van der Waals surface area contributed by atoms with Crippen LogP contribution in [-0.4, -0.2) is 39.9 Å². The van der Waals surface area contributed by atoms with Gasteiger partial charge in [0.1, 0.15) is 11.3 Å². The Morgan fingerprint density at radius 2 is 1.68 bits per heavy atom. The van der Waals surface area contributed by atoms with Crippen molar-refractivity contribution in [1.82, 2.24) is 10.6 Å². The summed E-state index contributed by atoms with van der Waals surface area (Å²) in [5, 5.41) is 23.9. The van der Waals surface area contributed by atoms with E-state index in [1.807, 2.05) is 0 Å². The molecule has 5 amide bonds. The third-order valence-electron chi connectivity index (χ3n) is 2.75. The van der Waals surface area contributed by atoms with Gasteiger partial charge in [0.2, 0.25) is 17.7 Å². The van der Waals surface area contributed by atoms with E-state index in [0.717, 1.165) is 12.1 Å². The highest BCUT2D eigenvalue weighted by molar-refractivity contribution is 6.28. The molecule has 1 aliphatic heterocycles. The number of aromatic carboxylic acids is 1. The summed E-state index contributed by atoms with van der Waals surface area (Å²) in [5.74, 6) is -6.96. The topological polar surface area (TPSA) is 162 Å². The van der Waals surface area contributed by atoms with Crippen LogP contribution in [0.4, 0.5) is 10.5 Å². The summed E-state index contributed by atoms with van der Waals surface area (Å²) in [6, 6.07) is 2.14. The summed E-state index contributed by atoms with van der Waals surface area (Å²) in [4.78, 5) is 56.6. The minimum absolute atomic E-state index is 0.0438. The van der Waals surface area contributed by atoms with Gasteiger partial charge in [-0.2, -0.15) is 0 Å². The number of carbonyl (C=O) groups is 5. The number of phenols is 1. The van der Waals surface area contributed by atoms with E-state index in [4.69, 9.17) is 5.11 Å². The number of imide groups is 2. The van der Waals surface area contributed by atoms with Crippen molar-refractivity contribution in [3.63, 3.8) is 0 Å². The largest absolute Gasteiger partial charge is 0.507 e. The Hall–Kier alpha value is -3.43. The van der Waals surface area contributed by atoms with Gasteiger partial charge < -0.3 is 15.5 Å². The normalized spacial score (nSPS) is 15.0. The summed E-state index contributed by atoms with van der Waals surface area (Å²) < 4.78 is 0. The average molecular weight is 307 g/mol. The Bertz CT molecular complexity index is 693. The number of carboxylic acid groups (broad SMARTS) is 1. The van der Waals surface area contributed by atoms with Crippen molar-refractivity contribution < 1.29 is 34.2 Å². The van der Waals surface area contributed by atoms with Gasteiger partial charge in [0.25, 0.3) is 0 Å². The molecule has 0 spiro atoms. The Morgan fingerprint density at radius 1 is 1.09 bits per heavy atom. The van der Waals surface area contributed by atoms with E-state index in [2.05, 4.69) is 5.32 Å². The molecule has 1 aromatic carbocycles. The number of urea groups is 1. The van der Waals surface area contributed by atoms with Crippen molar-refractivity contribution in [3.8, 4) is 5.75 Å². The maximum atomic E-state index is 11.9. The van der Waals surface area contributed by atoms with E-state index >= 15 is 0 Å². The van der Waals surface area contributed by atoms with Crippen molar-refractivity contribution >= 4 is 35.4 Å². The lowest BCUT2D eigenvalue weighted by molar-refractivity contribution is -0.141. The van der Waals surface area contributed by atoms with Gasteiger partial charge in [0.15, 0.2) is 5.92 Å². The number of barbiturate groups is 1. The molecule has 10 heteroatoms. The molecule has 0 bridgehead atoms. The third kappa shape index (κ3) is 2.85. The van der Waals surface area contributed by atoms with Gasteiger partial charge in [0, 0.05) is 5.69 Å². The number of anilines is 1. The predicted molar refractivity (Wildman–Crippen MR) is 68.9 cm³/mol. The molecule has 0 radical (unpaired) electrons. The number of carbonyl (C=O) groups excluding carboxylic acids is 4. The van der Waals surface area contributed by atoms with Gasteiger partial charge in [-0.3, -0.25) is 25.0 Å². The first-order valence-electron chi connectivity index (χ1n) is 5.82. The molecule has 1 heterocycles. The van der Waals surface area contributed by atoms with Gasteiger partial charge in [-0.1, -0.05) is 0 Å². The number of nitrogens with one attached hydrogen (secondary N) is 3. The van der Waals surface area contributed by atoms with Crippen LogP contribution in [0, 0.1) is 5.92 Å². The van der Waals surface area contributed by atoms with Crippen LogP contribution >= 0.6 is 0 Å². The van der Waals surface area contributed by atoms with Crippen LogP contribution in [0.1, 0.15) is 10.4 Å². The molecule has 1 aromatic rings. The predicted octanol–water partition coefficient (Wildman–Crippen LogP) is -0.989. The van der Waals surface area contributed by atoms with E-state index < -0.39 is 47.0 Å². The van der Waals surface area contributed by atoms with Crippen molar-refractivity contribution in [2.45, 2.75) is 0 Å². The van der Waals surface area contributed by atoms with Gasteiger partial charge in [-0.05, 0) is 18.2 Å². The second kappa shape index (κ2) is 5.52. The summed E-state index contributed by atoms with van der Waals surface area (Å²) >= 11 is 0. The third-order valence-corrected chi connectivity index (χ3v) is 2.75. The number of benzene rings is 1. The highest BCUT2D eigenvalue weighted by atomic mass is 16.4. The lowest BCUT2D eigenvalue weighted by atomic mass is 10.0. The molecule has 0 atom stereocenters. The molecule has 10 nitrogen and oxygen atoms in total. The fourth-order valence-electron chi connectivity index (χ4n) is 1.76. The van der Waals surface area contributed by atoms with Crippen LogP contribution in [0.15, 0.2) is 18.2 Å². The molecule has 5 N–H and O–H groups in total. The SMILES string of the molecule is O=C1NC(=O)C(C(=O)Nc2ccc(O)c(C(=O)O)c2)C(=O)N1. The Balaban J connectivity index is 2.20. The lowest BCUT2D eigenvalue weighted by Crippen LogP contribution is -2.58. The zero-order valence-corrected chi connectivity index (χ0v) is 10.7. The Labute approximate surface area is 122 Å². The van der Waals surface area contributed by atoms with Crippen LogP contribution in [0.3, 0.4) is 0 Å². The van der Waals surface area contributed by atoms with E-state index in [9.17, 15) is 29.1 Å². The van der Waals surface area contributed by atoms with Gasteiger partial charge in [-0.25, -0.2) is 9.59 Å². The van der Waals surface area contributed by atoms with Gasteiger partial charge >= 0.3 is 12.0 Å². The standard InChI is InChI=1S/C12H9N3O7/c16-6-2-1-4(3-5(6)11(20)21)13-8(17)7-9(18)14-12(22)15-10(7)19/h1-3,7,16H,(H,13,17)(H,20,21)(H2,14,15,18,19,22). The summed E-state index contributed by atoms with van der Waals surface area (Å²) in [6.07, 6.45) is 0. The molecular formula is C12H9N3O7. The lowest BCUT2D eigenvalue weighted by Gasteiger charge is -2.20. The fraction of sp³-hybridized carbons (Fsp3) is 0.0833. The second-order valence-electron chi connectivity index (χ2n) is 4.27. The Kier molecular flexibility index (Phi) is 3.75. The number of hydrogen-bond donors (Lipinski definition) is 5. The fourth-order valence-corrected chi connectivity index (χ4v) is 1.76. The molecule has 1 aliphatic rings. The molecule has 0 aromatic heterocycles. The molecule has 1 saturated heterocycles. The van der Waals surface area contributed by atoms with E-state index in [0.29, 0.717) is 0 Å². The maximum Gasteiger partial charge on any atom is 0.339 e. The maximum absolute atomic E-state index is 11.9. The number of amides is 5. The monoisotopic (exact) mass is 307 g/mol. The first kappa shape index (κ1) is 15.0. The molecule has 1 fully saturated rings. The smallest absolute Gasteiger partial charge is 0.339 e. The summed E-state index contributed by atoms with van der Waals surface area (Å²) in [7, 11) is 0. The molecule has 114 valence electrons. The van der Waals surface area contributed by atoms with E-state index in [1.165, 1.54) is 6.07 Å². The van der Waals surface area contributed by atoms with Crippen LogP contribution in [0.2, 0.25) is 0 Å². The first-order valence-corrected chi connectivity index (χ1v) is 5.82. The zero-order chi connectivity index (χ0) is 16.4. The minimum Gasteiger partial charge on any atom is -0.507 e. The molecule has 0 unspecified atom stereocenters. The molecule has 0 saturated carbocycles. The molecule has 0 aliphatic carbocycles. The number of carboxylic acids is 1. The number of aromatic hydroxyl groups is 1. The van der Waals surface area contributed by atoms with Crippen LogP contribution < -0.4 is 16.0 Å². The molecule has 2 rings (SSSR count). The van der Waals surface area contributed by atoms with Crippen molar-refractivity contribution in [2.24, 2.45) is 5.92 Å². The highest BCUT2D eigenvalue weighted by Crippen LogP contribution is 2.22. The quantitative estimate of drug-likeness (QED) is 0.353. The number of rotatable bonds is 3. The molecular weight excluding hydrogens is 298 g/mol. The first-order chi connectivity index (χ1) is 10.3. The van der Waals surface area contributed by atoms with Crippen molar-refractivity contribution in [2.75, 3.05) is 5.32 Å². The van der Waals surface area contributed by atoms with E-state index in [1.54, 1.807) is 10.6 Å². The van der Waals surface area contributed by atoms with E-state index in [-0.39, 0.29) is 5.69 Å².